The van der Waals surface area contributed by atoms with E-state index in [1.807, 2.05) is 13.8 Å². The van der Waals surface area contributed by atoms with E-state index in [1.54, 1.807) is 33.5 Å². The summed E-state index contributed by atoms with van der Waals surface area (Å²) in [6, 6.07) is 10.6. The molecule has 1 aliphatic carbocycles. The van der Waals surface area contributed by atoms with E-state index in [9.17, 15) is 13.2 Å². The number of benzene rings is 2. The summed E-state index contributed by atoms with van der Waals surface area (Å²) < 4.78 is 35.6. The van der Waals surface area contributed by atoms with E-state index in [1.165, 1.54) is 17.8 Å². The van der Waals surface area contributed by atoms with Gasteiger partial charge in [-0.25, -0.2) is 13.4 Å². The van der Waals surface area contributed by atoms with Crippen LogP contribution in [0.4, 0.5) is 5.13 Å². The molecule has 9 heteroatoms. The van der Waals surface area contributed by atoms with Crippen LogP contribution in [-0.4, -0.2) is 55.5 Å². The molecule has 3 aromatic rings. The minimum absolute atomic E-state index is 0.0404. The van der Waals surface area contributed by atoms with Crippen LogP contribution in [0.3, 0.4) is 0 Å². The zero-order valence-electron chi connectivity index (χ0n) is 22.5. The summed E-state index contributed by atoms with van der Waals surface area (Å²) in [7, 11) is -3.63. The molecule has 1 aliphatic heterocycles. The number of nitrogens with zero attached hydrogens (tertiary/aromatic N) is 3. The van der Waals surface area contributed by atoms with Crippen molar-refractivity contribution >= 4 is 42.6 Å². The Balaban J connectivity index is 1.44. The largest absolute Gasteiger partial charge is 0.376 e. The highest BCUT2D eigenvalue weighted by molar-refractivity contribution is 7.89. The number of hydrogen-bond acceptors (Lipinski definition) is 6. The third-order valence-corrected chi connectivity index (χ3v) is 11.1. The standard InChI is InChI=1S/C29H37N3O4S2/c1-4-32(23-9-6-5-7-10-23)38(34,35)25-16-14-22(15-17-25)28(33)31(19-24-11-8-18-36-24)29-30-26-20(2)12-13-21(3)27(26)37-29/h12-17,23-24H,4-11,18-19H2,1-3H3. The molecule has 1 aromatic heterocycles. The summed E-state index contributed by atoms with van der Waals surface area (Å²) in [5.41, 5.74) is 3.56. The third-order valence-electron chi connectivity index (χ3n) is 7.82. The topological polar surface area (TPSA) is 79.8 Å². The molecule has 1 unspecified atom stereocenters. The summed E-state index contributed by atoms with van der Waals surface area (Å²) in [5, 5.41) is 0.643. The zero-order chi connectivity index (χ0) is 26.9. The Morgan fingerprint density at radius 1 is 1.00 bits per heavy atom. The van der Waals surface area contributed by atoms with Crippen molar-refractivity contribution in [1.82, 2.24) is 9.29 Å². The van der Waals surface area contributed by atoms with Gasteiger partial charge in [-0.3, -0.25) is 9.69 Å². The Morgan fingerprint density at radius 2 is 1.71 bits per heavy atom. The lowest BCUT2D eigenvalue weighted by Gasteiger charge is -2.32. The summed E-state index contributed by atoms with van der Waals surface area (Å²) in [6.45, 7) is 7.55. The maximum atomic E-state index is 13.9. The molecule has 204 valence electrons. The van der Waals surface area contributed by atoms with Crippen molar-refractivity contribution in [3.8, 4) is 0 Å². The second-order valence-electron chi connectivity index (χ2n) is 10.4. The van der Waals surface area contributed by atoms with E-state index < -0.39 is 10.0 Å². The molecule has 7 nitrogen and oxygen atoms in total. The molecule has 1 saturated heterocycles. The Kier molecular flexibility index (Phi) is 8.19. The Bertz CT molecular complexity index is 1350. The number of hydrogen-bond donors (Lipinski definition) is 0. The lowest BCUT2D eigenvalue weighted by Crippen LogP contribution is -2.41. The van der Waals surface area contributed by atoms with Gasteiger partial charge in [0, 0.05) is 24.8 Å². The number of anilines is 1. The van der Waals surface area contributed by atoms with Gasteiger partial charge in [-0.05, 0) is 74.9 Å². The highest BCUT2D eigenvalue weighted by Crippen LogP contribution is 2.35. The molecule has 2 aromatic carbocycles. The van der Waals surface area contributed by atoms with Crippen molar-refractivity contribution in [3.63, 3.8) is 0 Å². The van der Waals surface area contributed by atoms with Crippen molar-refractivity contribution < 1.29 is 17.9 Å². The van der Waals surface area contributed by atoms with Crippen LogP contribution in [0.15, 0.2) is 41.3 Å². The molecular formula is C29H37N3O4S2. The van der Waals surface area contributed by atoms with Crippen LogP contribution in [0.25, 0.3) is 10.2 Å². The third kappa shape index (κ3) is 5.39. The predicted molar refractivity (Wildman–Crippen MR) is 153 cm³/mol. The van der Waals surface area contributed by atoms with Gasteiger partial charge in [0.2, 0.25) is 10.0 Å². The van der Waals surface area contributed by atoms with Crippen LogP contribution < -0.4 is 4.90 Å². The number of amides is 1. The monoisotopic (exact) mass is 555 g/mol. The first-order chi connectivity index (χ1) is 18.3. The molecule has 2 aliphatic rings. The second-order valence-corrected chi connectivity index (χ2v) is 13.3. The minimum atomic E-state index is -3.63. The first kappa shape index (κ1) is 27.2. The Hall–Kier alpha value is -2.33. The molecule has 0 radical (unpaired) electrons. The highest BCUT2D eigenvalue weighted by Gasteiger charge is 2.32. The summed E-state index contributed by atoms with van der Waals surface area (Å²) >= 11 is 1.52. The molecule has 1 atom stereocenters. The molecule has 2 heterocycles. The zero-order valence-corrected chi connectivity index (χ0v) is 24.1. The van der Waals surface area contributed by atoms with Crippen LogP contribution in [0.5, 0.6) is 0 Å². The Morgan fingerprint density at radius 3 is 2.34 bits per heavy atom. The van der Waals surface area contributed by atoms with Gasteiger partial charge >= 0.3 is 0 Å². The SMILES string of the molecule is CCN(C1CCCCC1)S(=O)(=O)c1ccc(C(=O)N(CC2CCCO2)c2nc3c(C)ccc(C)c3s2)cc1. The quantitative estimate of drug-likeness (QED) is 0.336. The summed E-state index contributed by atoms with van der Waals surface area (Å²) in [5.74, 6) is -0.196. The van der Waals surface area contributed by atoms with Crippen molar-refractivity contribution in [2.45, 2.75) is 82.8 Å². The van der Waals surface area contributed by atoms with Crippen LogP contribution in [0, 0.1) is 13.8 Å². The minimum Gasteiger partial charge on any atom is -0.376 e. The van der Waals surface area contributed by atoms with Gasteiger partial charge in [0.1, 0.15) is 0 Å². The maximum absolute atomic E-state index is 13.9. The lowest BCUT2D eigenvalue weighted by molar-refractivity contribution is 0.0917. The van der Waals surface area contributed by atoms with Crippen molar-refractivity contribution in [2.24, 2.45) is 0 Å². The Labute approximate surface area is 229 Å². The summed E-state index contributed by atoms with van der Waals surface area (Å²) in [6.07, 6.45) is 6.95. The van der Waals surface area contributed by atoms with Crippen LogP contribution >= 0.6 is 11.3 Å². The predicted octanol–water partition coefficient (Wildman–Crippen LogP) is 6.08. The van der Waals surface area contributed by atoms with Gasteiger partial charge in [-0.1, -0.05) is 49.7 Å². The molecule has 0 spiro atoms. The van der Waals surface area contributed by atoms with Gasteiger partial charge < -0.3 is 4.74 Å². The average molecular weight is 556 g/mol. The van der Waals surface area contributed by atoms with Crippen molar-refractivity contribution in [2.75, 3.05) is 24.6 Å². The van der Waals surface area contributed by atoms with E-state index in [-0.39, 0.29) is 22.9 Å². The van der Waals surface area contributed by atoms with Crippen LogP contribution in [0.1, 0.15) is 73.4 Å². The molecule has 38 heavy (non-hydrogen) atoms. The number of aryl methyl sites for hydroxylation is 2. The molecule has 0 bridgehead atoms. The smallest absolute Gasteiger partial charge is 0.260 e. The maximum Gasteiger partial charge on any atom is 0.260 e. The number of carbonyl (C=O) groups excluding carboxylic acids is 1. The fraction of sp³-hybridized carbons (Fsp3) is 0.517. The van der Waals surface area contributed by atoms with Gasteiger partial charge in [-0.15, -0.1) is 0 Å². The van der Waals surface area contributed by atoms with Gasteiger partial charge in [0.05, 0.1) is 27.8 Å². The van der Waals surface area contributed by atoms with E-state index in [2.05, 4.69) is 19.1 Å². The normalized spacial score (nSPS) is 18.9. The van der Waals surface area contributed by atoms with E-state index >= 15 is 0 Å². The van der Waals surface area contributed by atoms with E-state index in [4.69, 9.17) is 9.72 Å². The molecular weight excluding hydrogens is 518 g/mol. The van der Waals surface area contributed by atoms with Crippen molar-refractivity contribution in [1.29, 1.82) is 0 Å². The van der Waals surface area contributed by atoms with E-state index in [0.717, 1.165) is 59.9 Å². The number of thiazole rings is 1. The molecule has 0 N–H and O–H groups in total. The van der Waals surface area contributed by atoms with Crippen molar-refractivity contribution in [3.05, 3.63) is 53.1 Å². The number of rotatable bonds is 8. The first-order valence-electron chi connectivity index (χ1n) is 13.7. The number of aromatic nitrogens is 1. The second kappa shape index (κ2) is 11.4. The number of sulfonamides is 1. The fourth-order valence-corrected chi connectivity index (χ4v) is 8.47. The molecule has 5 rings (SSSR count). The number of fused-ring (bicyclic) bond motifs is 1. The van der Waals surface area contributed by atoms with Gasteiger partial charge in [0.15, 0.2) is 5.13 Å². The molecule has 1 amide bonds. The fourth-order valence-electron chi connectivity index (χ4n) is 5.66. The molecule has 2 fully saturated rings. The lowest BCUT2D eigenvalue weighted by atomic mass is 9.95. The molecule has 1 saturated carbocycles. The summed E-state index contributed by atoms with van der Waals surface area (Å²) in [4.78, 5) is 20.7. The van der Waals surface area contributed by atoms with E-state index in [0.29, 0.717) is 30.4 Å². The average Bonchev–Trinajstić information content (AvgIpc) is 3.61. The van der Waals surface area contributed by atoms with Crippen LogP contribution in [0.2, 0.25) is 0 Å². The number of carbonyl (C=O) groups is 1. The number of ether oxygens (including phenoxy) is 1. The van der Waals surface area contributed by atoms with Crippen LogP contribution in [-0.2, 0) is 14.8 Å². The van der Waals surface area contributed by atoms with Gasteiger partial charge in [0.25, 0.3) is 5.91 Å². The van der Waals surface area contributed by atoms with Gasteiger partial charge in [-0.2, -0.15) is 4.31 Å². The highest BCUT2D eigenvalue weighted by atomic mass is 32.2. The first-order valence-corrected chi connectivity index (χ1v) is 16.0.